The van der Waals surface area contributed by atoms with Crippen LogP contribution in [0.3, 0.4) is 0 Å². The van der Waals surface area contributed by atoms with Crippen LogP contribution in [0.25, 0.3) is 22.5 Å². The summed E-state index contributed by atoms with van der Waals surface area (Å²) in [7, 11) is 0. The molecule has 6 rings (SSSR count). The first kappa shape index (κ1) is 23.5. The predicted octanol–water partition coefficient (Wildman–Crippen LogP) is 5.26. The Labute approximate surface area is 213 Å². The van der Waals surface area contributed by atoms with Gasteiger partial charge in [0.05, 0.1) is 46.1 Å². The van der Waals surface area contributed by atoms with E-state index >= 15 is 0 Å². The van der Waals surface area contributed by atoms with Gasteiger partial charge < -0.3 is 0 Å². The average Bonchev–Trinajstić information content (AvgIpc) is 3.50. The number of benzene rings is 1. The molecule has 3 heterocycles. The summed E-state index contributed by atoms with van der Waals surface area (Å²) < 4.78 is 30.8. The molecule has 0 aliphatic heterocycles. The van der Waals surface area contributed by atoms with Crippen molar-refractivity contribution in [2.24, 2.45) is 5.41 Å². The lowest BCUT2D eigenvalue weighted by Crippen LogP contribution is -2.38. The second-order valence-electron chi connectivity index (χ2n) is 10.6. The highest BCUT2D eigenvalue weighted by molar-refractivity contribution is 5.75. The van der Waals surface area contributed by atoms with Crippen LogP contribution in [0.15, 0.2) is 49.1 Å². The summed E-state index contributed by atoms with van der Waals surface area (Å²) in [6, 6.07) is 5.60. The molecule has 0 N–H and O–H groups in total. The van der Waals surface area contributed by atoms with E-state index in [-0.39, 0.29) is 28.4 Å². The van der Waals surface area contributed by atoms with Crippen LogP contribution >= 0.6 is 0 Å². The first-order valence-electron chi connectivity index (χ1n) is 12.4. The van der Waals surface area contributed by atoms with Gasteiger partial charge >= 0.3 is 0 Å². The zero-order valence-corrected chi connectivity index (χ0v) is 20.9. The fraction of sp³-hybridized carbons (Fsp3) is 0.357. The van der Waals surface area contributed by atoms with E-state index in [0.717, 1.165) is 35.4 Å². The highest BCUT2D eigenvalue weighted by Crippen LogP contribution is 2.69. The van der Waals surface area contributed by atoms with Gasteiger partial charge in [0.15, 0.2) is 0 Å². The molecule has 2 aliphatic rings. The van der Waals surface area contributed by atoms with Crippen molar-refractivity contribution >= 4 is 5.78 Å². The number of fused-ring (bicyclic) bond motifs is 5. The number of aryl methyl sites for hydroxylation is 1. The molecule has 0 spiro atoms. The second kappa shape index (κ2) is 8.33. The molecule has 7 nitrogen and oxygen atoms in total. The van der Waals surface area contributed by atoms with Gasteiger partial charge in [-0.1, -0.05) is 19.9 Å². The molecule has 188 valence electrons. The highest BCUT2D eigenvalue weighted by atomic mass is 19.1. The van der Waals surface area contributed by atoms with Crippen LogP contribution in [0.5, 0.6) is 0 Å². The van der Waals surface area contributed by atoms with Gasteiger partial charge in [-0.25, -0.2) is 13.8 Å². The monoisotopic (exact) mass is 500 g/mol. The molecule has 0 radical (unpaired) electrons. The minimum atomic E-state index is -0.659. The van der Waals surface area contributed by atoms with Gasteiger partial charge in [-0.15, -0.1) is 5.10 Å². The van der Waals surface area contributed by atoms with Gasteiger partial charge in [-0.2, -0.15) is 10.2 Å². The Balaban J connectivity index is 1.43. The first-order chi connectivity index (χ1) is 17.7. The standard InChI is InChI=1S/C28H26F2N6O/c1-16(37)8-10-36-15-17(12-32-36)23-13-31-14-24(33-23)28-9-7-19(27(28,2)3)18-11-22(34-35-26(18)28)25-20(29)5-4-6-21(25)30/h4-6,11-15,19H,7-10H2,1-3H3/t19-,28-/m0/s1. The SMILES string of the molecule is CC(=O)CCn1cc(-c2cncc([C@@]34CC[C@@H](c5cc(-c6c(F)cccc6F)nnc53)C4(C)C)n2)cn1. The average molecular weight is 501 g/mol. The molecular weight excluding hydrogens is 474 g/mol. The second-order valence-corrected chi connectivity index (χ2v) is 10.6. The number of hydrogen-bond acceptors (Lipinski definition) is 6. The Morgan fingerprint density at radius 1 is 1.11 bits per heavy atom. The summed E-state index contributed by atoms with van der Waals surface area (Å²) in [5.41, 5.74) is 3.33. The molecule has 2 bridgehead atoms. The van der Waals surface area contributed by atoms with E-state index in [2.05, 4.69) is 34.1 Å². The van der Waals surface area contributed by atoms with Crippen LogP contribution in [-0.2, 0) is 16.8 Å². The molecule has 1 saturated carbocycles. The Kier molecular flexibility index (Phi) is 5.29. The van der Waals surface area contributed by atoms with Gasteiger partial charge in [0.2, 0.25) is 0 Å². The van der Waals surface area contributed by atoms with Gasteiger partial charge in [-0.05, 0) is 54.9 Å². The number of rotatable bonds is 6. The van der Waals surface area contributed by atoms with Crippen molar-refractivity contribution in [3.63, 3.8) is 0 Å². The summed E-state index contributed by atoms with van der Waals surface area (Å²) in [5, 5.41) is 13.3. The Morgan fingerprint density at radius 2 is 1.89 bits per heavy atom. The van der Waals surface area contributed by atoms with Crippen LogP contribution in [0.1, 0.15) is 62.9 Å². The molecular formula is C28H26F2N6O. The maximum absolute atomic E-state index is 14.5. The van der Waals surface area contributed by atoms with Crippen molar-refractivity contribution in [1.29, 1.82) is 0 Å². The Bertz CT molecular complexity index is 1530. The number of Topliss-reactive ketones (excluding diaryl/α,β-unsaturated/α-hetero) is 1. The van der Waals surface area contributed by atoms with Crippen LogP contribution < -0.4 is 0 Å². The summed E-state index contributed by atoms with van der Waals surface area (Å²) in [6.45, 7) is 6.47. The zero-order chi connectivity index (χ0) is 25.9. The number of halogens is 2. The summed E-state index contributed by atoms with van der Waals surface area (Å²) in [5.74, 6) is -1.06. The van der Waals surface area contributed by atoms with Crippen molar-refractivity contribution in [1.82, 2.24) is 29.9 Å². The molecule has 9 heteroatoms. The molecule has 37 heavy (non-hydrogen) atoms. The number of ketones is 1. The third-order valence-corrected chi connectivity index (χ3v) is 8.29. The van der Waals surface area contributed by atoms with Crippen LogP contribution in [-0.4, -0.2) is 35.7 Å². The topological polar surface area (TPSA) is 86.5 Å². The van der Waals surface area contributed by atoms with Gasteiger partial charge in [0.1, 0.15) is 17.4 Å². The largest absolute Gasteiger partial charge is 0.300 e. The molecule has 2 aliphatic carbocycles. The van der Waals surface area contributed by atoms with Gasteiger partial charge in [0, 0.05) is 30.9 Å². The summed E-state index contributed by atoms with van der Waals surface area (Å²) in [6.07, 6.45) is 9.24. The van der Waals surface area contributed by atoms with E-state index in [4.69, 9.17) is 4.98 Å². The van der Waals surface area contributed by atoms with Crippen LogP contribution in [0, 0.1) is 17.0 Å². The van der Waals surface area contributed by atoms with E-state index in [1.807, 2.05) is 6.20 Å². The van der Waals surface area contributed by atoms with Crippen LogP contribution in [0.4, 0.5) is 8.78 Å². The fourth-order valence-corrected chi connectivity index (χ4v) is 6.36. The minimum Gasteiger partial charge on any atom is -0.300 e. The van der Waals surface area contributed by atoms with E-state index in [0.29, 0.717) is 18.7 Å². The van der Waals surface area contributed by atoms with Crippen molar-refractivity contribution < 1.29 is 13.6 Å². The van der Waals surface area contributed by atoms with Crippen molar-refractivity contribution in [3.8, 4) is 22.5 Å². The number of aromatic nitrogens is 6. The van der Waals surface area contributed by atoms with Crippen LogP contribution in [0.2, 0.25) is 0 Å². The quantitative estimate of drug-likeness (QED) is 0.359. The maximum atomic E-state index is 14.5. The maximum Gasteiger partial charge on any atom is 0.135 e. The van der Waals surface area contributed by atoms with E-state index < -0.39 is 17.0 Å². The third kappa shape index (κ3) is 3.43. The number of carbonyl (C=O) groups excluding carboxylic acids is 1. The van der Waals surface area contributed by atoms with Crippen molar-refractivity contribution in [3.05, 3.63) is 77.6 Å². The molecule has 1 aromatic carbocycles. The molecule has 0 saturated heterocycles. The Morgan fingerprint density at radius 3 is 2.65 bits per heavy atom. The van der Waals surface area contributed by atoms with Crippen molar-refractivity contribution in [2.75, 3.05) is 0 Å². The first-order valence-corrected chi connectivity index (χ1v) is 12.4. The predicted molar refractivity (Wildman–Crippen MR) is 132 cm³/mol. The Hall–Kier alpha value is -3.88. The molecule has 4 aromatic rings. The molecule has 0 amide bonds. The third-order valence-electron chi connectivity index (χ3n) is 8.29. The summed E-state index contributed by atoms with van der Waals surface area (Å²) in [4.78, 5) is 20.9. The van der Waals surface area contributed by atoms with E-state index in [9.17, 15) is 13.6 Å². The number of carbonyl (C=O) groups is 1. The smallest absolute Gasteiger partial charge is 0.135 e. The molecule has 2 atom stereocenters. The fourth-order valence-electron chi connectivity index (χ4n) is 6.36. The molecule has 0 unspecified atom stereocenters. The lowest BCUT2D eigenvalue weighted by molar-refractivity contribution is -0.117. The summed E-state index contributed by atoms with van der Waals surface area (Å²) >= 11 is 0. The van der Waals surface area contributed by atoms with E-state index in [1.54, 1.807) is 36.3 Å². The molecule has 1 fully saturated rings. The lowest BCUT2D eigenvalue weighted by Gasteiger charge is -2.37. The number of nitrogens with zero attached hydrogens (tertiary/aromatic N) is 6. The van der Waals surface area contributed by atoms with Gasteiger partial charge in [0.25, 0.3) is 0 Å². The van der Waals surface area contributed by atoms with E-state index in [1.165, 1.54) is 18.2 Å². The minimum absolute atomic E-state index is 0.109. The van der Waals surface area contributed by atoms with Crippen molar-refractivity contribution in [2.45, 2.75) is 57.9 Å². The van der Waals surface area contributed by atoms with Gasteiger partial charge in [-0.3, -0.25) is 14.5 Å². The normalized spacial score (nSPS) is 21.3. The molecule has 3 aromatic heterocycles. The zero-order valence-electron chi connectivity index (χ0n) is 20.9. The number of hydrogen-bond donors (Lipinski definition) is 0. The lowest BCUT2D eigenvalue weighted by atomic mass is 9.66. The highest BCUT2D eigenvalue weighted by Gasteiger charge is 2.65.